The number of ether oxygens (including phenoxy) is 1. The first-order valence-corrected chi connectivity index (χ1v) is 10.5. The van der Waals surface area contributed by atoms with Crippen LogP contribution in [0.5, 0.6) is 5.75 Å². The maximum atomic E-state index is 13.6. The summed E-state index contributed by atoms with van der Waals surface area (Å²) < 4.78 is 5.42. The van der Waals surface area contributed by atoms with Crippen LogP contribution in [0.15, 0.2) is 66.7 Å². The Balaban J connectivity index is 1.78. The Morgan fingerprint density at radius 1 is 1.10 bits per heavy atom. The first-order chi connectivity index (χ1) is 15.0. The molecule has 1 aliphatic rings. The maximum absolute atomic E-state index is 13.6. The van der Waals surface area contributed by atoms with Crippen molar-refractivity contribution in [3.63, 3.8) is 0 Å². The summed E-state index contributed by atoms with van der Waals surface area (Å²) in [5.41, 5.74) is 9.43. The number of carbonyl (C=O) groups excluding carboxylic acids is 2. The lowest BCUT2D eigenvalue weighted by atomic mass is 10.0. The monoisotopic (exact) mass is 434 g/mol. The highest BCUT2D eigenvalue weighted by Gasteiger charge is 2.33. The van der Waals surface area contributed by atoms with Gasteiger partial charge in [0, 0.05) is 17.7 Å². The van der Waals surface area contributed by atoms with Crippen LogP contribution in [-0.4, -0.2) is 23.8 Å². The topological polar surface area (TPSA) is 72.6 Å². The number of fused-ring (bicyclic) bond motifs is 1. The van der Waals surface area contributed by atoms with Gasteiger partial charge in [-0.15, -0.1) is 0 Å². The largest absolute Gasteiger partial charge is 0.495 e. The molecule has 0 saturated heterocycles. The van der Waals surface area contributed by atoms with E-state index in [0.717, 1.165) is 24.0 Å². The Morgan fingerprint density at radius 2 is 1.81 bits per heavy atom. The second kappa shape index (κ2) is 8.82. The molecule has 3 aromatic rings. The number of primary amides is 1. The minimum Gasteiger partial charge on any atom is -0.495 e. The molecular formula is C25H23ClN2O3. The Morgan fingerprint density at radius 3 is 2.52 bits per heavy atom. The lowest BCUT2D eigenvalue weighted by molar-refractivity contribution is 0.0656. The van der Waals surface area contributed by atoms with E-state index < -0.39 is 5.91 Å². The van der Waals surface area contributed by atoms with Crippen molar-refractivity contribution in [2.24, 2.45) is 5.73 Å². The van der Waals surface area contributed by atoms with E-state index in [4.69, 9.17) is 22.1 Å². The number of benzene rings is 3. The molecule has 31 heavy (non-hydrogen) atoms. The SMILES string of the molecule is COc1cc2c(cc1Cl)CC[C@H]2N(Cc1ccccc1C(N)=O)C(=O)c1ccccc1. The van der Waals surface area contributed by atoms with E-state index in [9.17, 15) is 9.59 Å². The van der Waals surface area contributed by atoms with Gasteiger partial charge >= 0.3 is 0 Å². The maximum Gasteiger partial charge on any atom is 0.254 e. The van der Waals surface area contributed by atoms with Crippen LogP contribution >= 0.6 is 11.6 Å². The van der Waals surface area contributed by atoms with Gasteiger partial charge in [-0.25, -0.2) is 0 Å². The van der Waals surface area contributed by atoms with E-state index in [1.165, 1.54) is 0 Å². The number of aryl methyl sites for hydroxylation is 1. The van der Waals surface area contributed by atoms with E-state index in [1.807, 2.05) is 47.4 Å². The van der Waals surface area contributed by atoms with Gasteiger partial charge < -0.3 is 15.4 Å². The highest BCUT2D eigenvalue weighted by Crippen LogP contribution is 2.42. The fourth-order valence-corrected chi connectivity index (χ4v) is 4.48. The number of nitrogens with two attached hydrogens (primary N) is 1. The van der Waals surface area contributed by atoms with Gasteiger partial charge in [0.1, 0.15) is 5.75 Å². The van der Waals surface area contributed by atoms with Gasteiger partial charge in [0.15, 0.2) is 0 Å². The summed E-state index contributed by atoms with van der Waals surface area (Å²) in [5.74, 6) is -0.0356. The van der Waals surface area contributed by atoms with Crippen molar-refractivity contribution in [2.75, 3.05) is 7.11 Å². The molecule has 5 nitrogen and oxygen atoms in total. The molecule has 0 radical (unpaired) electrons. The summed E-state index contributed by atoms with van der Waals surface area (Å²) in [6, 6.07) is 20.0. The van der Waals surface area contributed by atoms with Crippen molar-refractivity contribution in [2.45, 2.75) is 25.4 Å². The molecule has 2 amide bonds. The predicted molar refractivity (Wildman–Crippen MR) is 120 cm³/mol. The average Bonchev–Trinajstić information content (AvgIpc) is 3.19. The number of rotatable bonds is 6. The molecule has 0 unspecified atom stereocenters. The van der Waals surface area contributed by atoms with Gasteiger partial charge in [-0.05, 0) is 59.9 Å². The molecule has 0 aromatic heterocycles. The number of halogens is 1. The summed E-state index contributed by atoms with van der Waals surface area (Å²) in [6.45, 7) is 0.266. The second-order valence-corrected chi connectivity index (χ2v) is 7.97. The van der Waals surface area contributed by atoms with Crippen molar-refractivity contribution in [1.82, 2.24) is 4.90 Å². The molecule has 0 saturated carbocycles. The third-order valence-electron chi connectivity index (χ3n) is 5.74. The number of amides is 2. The van der Waals surface area contributed by atoms with Crippen molar-refractivity contribution in [3.8, 4) is 5.75 Å². The summed E-state index contributed by atoms with van der Waals surface area (Å²) in [5, 5.41) is 0.557. The minimum absolute atomic E-state index is 0.105. The van der Waals surface area contributed by atoms with Crippen LogP contribution in [0.2, 0.25) is 5.02 Å². The van der Waals surface area contributed by atoms with Crippen LogP contribution in [0, 0.1) is 0 Å². The molecule has 0 aliphatic heterocycles. The second-order valence-electron chi connectivity index (χ2n) is 7.56. The first kappa shape index (κ1) is 20.9. The van der Waals surface area contributed by atoms with Gasteiger partial charge in [0.2, 0.25) is 5.91 Å². The fraction of sp³-hybridized carbons (Fsp3) is 0.200. The standard InChI is InChI=1S/C25H23ClN2O3/c1-31-23-14-20-17(13-21(23)26)11-12-22(20)28(25(30)16-7-3-2-4-8-16)15-18-9-5-6-10-19(18)24(27)29/h2-10,13-14,22H,11-12,15H2,1H3,(H2,27,29)/t22-/m1/s1. The summed E-state index contributed by atoms with van der Waals surface area (Å²) in [6.07, 6.45) is 1.57. The number of hydrogen-bond acceptors (Lipinski definition) is 3. The van der Waals surface area contributed by atoms with E-state index in [1.54, 1.807) is 31.4 Å². The molecule has 0 fully saturated rings. The zero-order chi connectivity index (χ0) is 22.0. The molecule has 0 heterocycles. The molecule has 0 spiro atoms. The van der Waals surface area contributed by atoms with Crippen LogP contribution < -0.4 is 10.5 Å². The third-order valence-corrected chi connectivity index (χ3v) is 6.04. The quantitative estimate of drug-likeness (QED) is 0.606. The fourth-order valence-electron chi connectivity index (χ4n) is 4.22. The van der Waals surface area contributed by atoms with Crippen LogP contribution in [-0.2, 0) is 13.0 Å². The molecule has 6 heteroatoms. The summed E-state index contributed by atoms with van der Waals surface area (Å²) >= 11 is 6.32. The van der Waals surface area contributed by atoms with E-state index in [0.29, 0.717) is 27.5 Å². The molecule has 1 atom stereocenters. The Hall–Kier alpha value is -3.31. The van der Waals surface area contributed by atoms with Crippen LogP contribution in [0.3, 0.4) is 0 Å². The number of methoxy groups -OCH3 is 1. The lowest BCUT2D eigenvalue weighted by Crippen LogP contribution is -2.34. The van der Waals surface area contributed by atoms with Crippen molar-refractivity contribution < 1.29 is 14.3 Å². The molecule has 0 bridgehead atoms. The molecule has 158 valence electrons. The van der Waals surface area contributed by atoms with Gasteiger partial charge in [-0.1, -0.05) is 48.0 Å². The van der Waals surface area contributed by atoms with Crippen molar-refractivity contribution in [3.05, 3.63) is 99.6 Å². The van der Waals surface area contributed by atoms with Crippen molar-refractivity contribution >= 4 is 23.4 Å². The number of nitrogens with zero attached hydrogens (tertiary/aromatic N) is 1. The lowest BCUT2D eigenvalue weighted by Gasteiger charge is -2.31. The predicted octanol–water partition coefficient (Wildman–Crippen LogP) is 4.78. The highest BCUT2D eigenvalue weighted by molar-refractivity contribution is 6.32. The molecule has 4 rings (SSSR count). The first-order valence-electron chi connectivity index (χ1n) is 10.1. The average molecular weight is 435 g/mol. The molecule has 1 aliphatic carbocycles. The normalized spacial score (nSPS) is 14.7. The Kier molecular flexibility index (Phi) is 5.96. The van der Waals surface area contributed by atoms with Crippen LogP contribution in [0.25, 0.3) is 0 Å². The Bertz CT molecular complexity index is 1130. The third kappa shape index (κ3) is 4.14. The Labute approximate surface area is 186 Å². The highest BCUT2D eigenvalue weighted by atomic mass is 35.5. The van der Waals surface area contributed by atoms with Gasteiger partial charge in [-0.2, -0.15) is 0 Å². The summed E-state index contributed by atoms with van der Waals surface area (Å²) in [7, 11) is 1.58. The van der Waals surface area contributed by atoms with Gasteiger partial charge in [0.25, 0.3) is 5.91 Å². The molecule has 2 N–H and O–H groups in total. The molecular weight excluding hydrogens is 412 g/mol. The van der Waals surface area contributed by atoms with E-state index in [-0.39, 0.29) is 18.5 Å². The zero-order valence-corrected chi connectivity index (χ0v) is 17.9. The van der Waals surface area contributed by atoms with Gasteiger partial charge in [0.05, 0.1) is 18.2 Å². The smallest absolute Gasteiger partial charge is 0.254 e. The van der Waals surface area contributed by atoms with Crippen LogP contribution in [0.4, 0.5) is 0 Å². The summed E-state index contributed by atoms with van der Waals surface area (Å²) in [4.78, 5) is 27.4. The van der Waals surface area contributed by atoms with Gasteiger partial charge in [-0.3, -0.25) is 9.59 Å². The van der Waals surface area contributed by atoms with E-state index in [2.05, 4.69) is 0 Å². The minimum atomic E-state index is -0.511. The van der Waals surface area contributed by atoms with Crippen LogP contribution in [0.1, 0.15) is 49.9 Å². The van der Waals surface area contributed by atoms with E-state index >= 15 is 0 Å². The molecule has 3 aromatic carbocycles. The van der Waals surface area contributed by atoms with Crippen molar-refractivity contribution in [1.29, 1.82) is 0 Å². The number of hydrogen-bond donors (Lipinski definition) is 1. The zero-order valence-electron chi connectivity index (χ0n) is 17.2. The number of carbonyl (C=O) groups is 2.